The topological polar surface area (TPSA) is 66.5 Å². The smallest absolute Gasteiger partial charge is 0.319 e. The number of pyridine rings is 1. The molecule has 0 unspecified atom stereocenters. The first-order chi connectivity index (χ1) is 13.3. The van der Waals surface area contributed by atoms with E-state index in [4.69, 9.17) is 4.74 Å². The van der Waals surface area contributed by atoms with E-state index in [0.717, 1.165) is 50.4 Å². The zero-order valence-corrected chi connectivity index (χ0v) is 15.5. The van der Waals surface area contributed by atoms with E-state index in [2.05, 4.69) is 38.7 Å². The van der Waals surface area contributed by atoms with E-state index in [-0.39, 0.29) is 12.1 Å². The Balaban J connectivity index is 1.38. The number of fused-ring (bicyclic) bond motifs is 1. The van der Waals surface area contributed by atoms with Crippen LogP contribution in [0.4, 0.5) is 10.5 Å². The van der Waals surface area contributed by atoms with Gasteiger partial charge in [-0.15, -0.1) is 0 Å². The molecule has 27 heavy (non-hydrogen) atoms. The molecule has 1 aliphatic carbocycles. The van der Waals surface area contributed by atoms with Gasteiger partial charge in [-0.25, -0.2) is 4.79 Å². The fourth-order valence-corrected chi connectivity index (χ4v) is 3.93. The lowest BCUT2D eigenvalue weighted by molar-refractivity contribution is 0.0167. The summed E-state index contributed by atoms with van der Waals surface area (Å²) in [4.78, 5) is 19.0. The number of carbonyl (C=O) groups is 1. The number of ether oxygens (including phenoxy) is 1. The molecule has 1 saturated heterocycles. The van der Waals surface area contributed by atoms with Crippen molar-refractivity contribution >= 4 is 11.7 Å². The van der Waals surface area contributed by atoms with Crippen LogP contribution in [-0.2, 0) is 17.6 Å². The van der Waals surface area contributed by atoms with Crippen LogP contribution in [0.2, 0.25) is 0 Å². The quantitative estimate of drug-likeness (QED) is 0.854. The van der Waals surface area contributed by atoms with Crippen LogP contribution in [0.5, 0.6) is 0 Å². The lowest BCUT2D eigenvalue weighted by Gasteiger charge is -2.34. The number of urea groups is 1. The van der Waals surface area contributed by atoms with Gasteiger partial charge in [-0.2, -0.15) is 0 Å². The van der Waals surface area contributed by atoms with Gasteiger partial charge in [0.05, 0.1) is 19.3 Å². The average molecular weight is 366 g/mol. The van der Waals surface area contributed by atoms with Gasteiger partial charge in [0.2, 0.25) is 0 Å². The summed E-state index contributed by atoms with van der Waals surface area (Å²) in [5.74, 6) is 0. The standard InChI is InChI=1S/C21H26N4O2/c26-21(24-19-7-6-16-3-1-4-17(16)13-19)23-15-20(18-5-2-8-22-14-18)25-9-11-27-12-10-25/h2,5-8,13-14,20H,1,3-4,9-12,15H2,(H2,23,24,26)/t20-/m1/s1. The van der Waals surface area contributed by atoms with Crippen LogP contribution in [0, 0.1) is 0 Å². The molecule has 6 heteroatoms. The molecule has 2 N–H and O–H groups in total. The minimum atomic E-state index is -0.171. The molecule has 2 amide bonds. The second-order valence-electron chi connectivity index (χ2n) is 7.12. The predicted molar refractivity (Wildman–Crippen MR) is 105 cm³/mol. The van der Waals surface area contributed by atoms with Crippen molar-refractivity contribution in [3.05, 3.63) is 59.4 Å². The maximum absolute atomic E-state index is 12.5. The molecule has 4 rings (SSSR count). The fourth-order valence-electron chi connectivity index (χ4n) is 3.93. The molecule has 6 nitrogen and oxygen atoms in total. The molecule has 0 spiro atoms. The van der Waals surface area contributed by atoms with Crippen LogP contribution in [0.25, 0.3) is 0 Å². The van der Waals surface area contributed by atoms with Gasteiger partial charge in [-0.05, 0) is 54.2 Å². The van der Waals surface area contributed by atoms with E-state index in [1.54, 1.807) is 6.20 Å². The molecule has 2 aromatic rings. The van der Waals surface area contributed by atoms with E-state index in [1.165, 1.54) is 17.5 Å². The van der Waals surface area contributed by atoms with Crippen LogP contribution in [0.1, 0.15) is 29.2 Å². The summed E-state index contributed by atoms with van der Waals surface area (Å²) in [7, 11) is 0. The molecular formula is C21H26N4O2. The second kappa shape index (κ2) is 8.50. The van der Waals surface area contributed by atoms with Crippen LogP contribution in [0.3, 0.4) is 0 Å². The molecule has 2 aliphatic rings. The Morgan fingerprint density at radius 2 is 2.04 bits per heavy atom. The summed E-state index contributed by atoms with van der Waals surface area (Å²) in [6.07, 6.45) is 7.10. The summed E-state index contributed by atoms with van der Waals surface area (Å²) < 4.78 is 5.47. The number of morpholine rings is 1. The lowest BCUT2D eigenvalue weighted by atomic mass is 10.1. The fraction of sp³-hybridized carbons (Fsp3) is 0.429. The Labute approximate surface area is 159 Å². The highest BCUT2D eigenvalue weighted by atomic mass is 16.5. The maximum Gasteiger partial charge on any atom is 0.319 e. The number of carbonyl (C=O) groups excluding carboxylic acids is 1. The second-order valence-corrected chi connectivity index (χ2v) is 7.12. The first kappa shape index (κ1) is 17.9. The van der Waals surface area contributed by atoms with Gasteiger partial charge in [0.15, 0.2) is 0 Å². The Morgan fingerprint density at radius 3 is 2.85 bits per heavy atom. The Hall–Kier alpha value is -2.44. The molecular weight excluding hydrogens is 340 g/mol. The highest BCUT2D eigenvalue weighted by Crippen LogP contribution is 2.25. The van der Waals surface area contributed by atoms with Crippen molar-refractivity contribution in [3.8, 4) is 0 Å². The number of benzene rings is 1. The van der Waals surface area contributed by atoms with E-state index in [9.17, 15) is 4.79 Å². The van der Waals surface area contributed by atoms with E-state index < -0.39 is 0 Å². The SMILES string of the molecule is O=C(NC[C@H](c1cccnc1)N1CCOCC1)Nc1ccc2c(c1)CCC2. The third-order valence-corrected chi connectivity index (χ3v) is 5.37. The van der Waals surface area contributed by atoms with Crippen molar-refractivity contribution < 1.29 is 9.53 Å². The van der Waals surface area contributed by atoms with Gasteiger partial charge in [-0.1, -0.05) is 12.1 Å². The zero-order chi connectivity index (χ0) is 18.5. The molecule has 1 aromatic heterocycles. The van der Waals surface area contributed by atoms with E-state index in [0.29, 0.717) is 6.54 Å². The number of hydrogen-bond donors (Lipinski definition) is 2. The van der Waals surface area contributed by atoms with E-state index in [1.807, 2.05) is 18.3 Å². The monoisotopic (exact) mass is 366 g/mol. The summed E-state index contributed by atoms with van der Waals surface area (Å²) in [5, 5.41) is 6.01. The number of rotatable bonds is 5. The Bertz CT molecular complexity index is 775. The number of amides is 2. The molecule has 2 heterocycles. The van der Waals surface area contributed by atoms with Crippen LogP contribution >= 0.6 is 0 Å². The zero-order valence-electron chi connectivity index (χ0n) is 15.5. The summed E-state index contributed by atoms with van der Waals surface area (Å²) in [5.41, 5.74) is 4.73. The third-order valence-electron chi connectivity index (χ3n) is 5.37. The van der Waals surface area contributed by atoms with Gasteiger partial charge in [0.1, 0.15) is 0 Å². The molecule has 142 valence electrons. The van der Waals surface area contributed by atoms with Crippen molar-refractivity contribution in [2.75, 3.05) is 38.2 Å². The van der Waals surface area contributed by atoms with Crippen LogP contribution in [-0.4, -0.2) is 48.8 Å². The summed E-state index contributed by atoms with van der Waals surface area (Å²) in [6.45, 7) is 3.68. The number of nitrogens with one attached hydrogen (secondary N) is 2. The molecule has 0 radical (unpaired) electrons. The maximum atomic E-state index is 12.5. The minimum Gasteiger partial charge on any atom is -0.379 e. The summed E-state index contributed by atoms with van der Waals surface area (Å²) >= 11 is 0. The van der Waals surface area contributed by atoms with Crippen molar-refractivity contribution in [2.45, 2.75) is 25.3 Å². The highest BCUT2D eigenvalue weighted by molar-refractivity contribution is 5.89. The molecule has 1 fully saturated rings. The number of aryl methyl sites for hydroxylation is 2. The van der Waals surface area contributed by atoms with Crippen LogP contribution < -0.4 is 10.6 Å². The first-order valence-electron chi connectivity index (χ1n) is 9.68. The van der Waals surface area contributed by atoms with Gasteiger partial charge in [0, 0.05) is 37.7 Å². The van der Waals surface area contributed by atoms with Crippen molar-refractivity contribution in [3.63, 3.8) is 0 Å². The van der Waals surface area contributed by atoms with Crippen molar-refractivity contribution in [2.24, 2.45) is 0 Å². The third kappa shape index (κ3) is 4.46. The van der Waals surface area contributed by atoms with Gasteiger partial charge >= 0.3 is 6.03 Å². The molecule has 1 aliphatic heterocycles. The Morgan fingerprint density at radius 1 is 1.19 bits per heavy atom. The summed E-state index contributed by atoms with van der Waals surface area (Å²) in [6, 6.07) is 10.1. The highest BCUT2D eigenvalue weighted by Gasteiger charge is 2.23. The Kier molecular flexibility index (Phi) is 5.65. The van der Waals surface area contributed by atoms with Crippen molar-refractivity contribution in [1.82, 2.24) is 15.2 Å². The first-order valence-corrected chi connectivity index (χ1v) is 9.68. The predicted octanol–water partition coefficient (Wildman–Crippen LogP) is 2.77. The van der Waals surface area contributed by atoms with Gasteiger partial charge < -0.3 is 15.4 Å². The van der Waals surface area contributed by atoms with Gasteiger partial charge in [-0.3, -0.25) is 9.88 Å². The molecule has 1 atom stereocenters. The van der Waals surface area contributed by atoms with Crippen molar-refractivity contribution in [1.29, 1.82) is 0 Å². The normalized spacial score (nSPS) is 17.9. The molecule has 1 aromatic carbocycles. The number of nitrogens with zero attached hydrogens (tertiary/aromatic N) is 2. The molecule has 0 saturated carbocycles. The number of aromatic nitrogens is 1. The number of hydrogen-bond acceptors (Lipinski definition) is 4. The van der Waals surface area contributed by atoms with E-state index >= 15 is 0 Å². The lowest BCUT2D eigenvalue weighted by Crippen LogP contribution is -2.44. The van der Waals surface area contributed by atoms with Gasteiger partial charge in [0.25, 0.3) is 0 Å². The molecule has 0 bridgehead atoms. The largest absolute Gasteiger partial charge is 0.379 e. The van der Waals surface area contributed by atoms with Crippen LogP contribution in [0.15, 0.2) is 42.7 Å². The minimum absolute atomic E-state index is 0.0911. The number of anilines is 1. The average Bonchev–Trinajstić information content (AvgIpc) is 3.18.